The Labute approximate surface area is 104 Å². The molecule has 9 heteroatoms. The highest BCUT2D eigenvalue weighted by Crippen LogP contribution is 2.25. The molecule has 0 aliphatic heterocycles. The summed E-state index contributed by atoms with van der Waals surface area (Å²) in [6.45, 7) is -1.32. The number of thiazole rings is 1. The van der Waals surface area contributed by atoms with Gasteiger partial charge >= 0.3 is 12.1 Å². The summed E-state index contributed by atoms with van der Waals surface area (Å²) in [5.74, 6) is -0.847. The maximum atomic E-state index is 12.0. The monoisotopic (exact) mass is 288 g/mol. The zero-order valence-corrected chi connectivity index (χ0v) is 10.1. The first-order valence-electron chi connectivity index (χ1n) is 4.32. The Bertz CT molecular complexity index is 396. The van der Waals surface area contributed by atoms with Gasteiger partial charge in [-0.25, -0.2) is 9.78 Å². The average molecular weight is 289 g/mol. The Hall–Kier alpha value is -0.860. The number of rotatable bonds is 4. The molecule has 0 spiro atoms. The maximum Gasteiger partial charge on any atom is 0.401 e. The Morgan fingerprint density at radius 3 is 2.76 bits per heavy atom. The van der Waals surface area contributed by atoms with E-state index in [1.165, 1.54) is 6.20 Å². The van der Waals surface area contributed by atoms with E-state index in [1.54, 1.807) is 0 Å². The number of hydrogen-bond acceptors (Lipinski definition) is 5. The van der Waals surface area contributed by atoms with Gasteiger partial charge in [0.05, 0.1) is 19.9 Å². The molecule has 17 heavy (non-hydrogen) atoms. The molecule has 1 unspecified atom stereocenters. The Kier molecular flexibility index (Phi) is 4.72. The summed E-state index contributed by atoms with van der Waals surface area (Å²) >= 11 is 6.51. The summed E-state index contributed by atoms with van der Waals surface area (Å²) in [5.41, 5.74) is 0. The third-order valence-corrected chi connectivity index (χ3v) is 2.87. The van der Waals surface area contributed by atoms with E-state index in [0.29, 0.717) is 0 Å². The second-order valence-electron chi connectivity index (χ2n) is 2.95. The fraction of sp³-hybridized carbons (Fsp3) is 0.500. The molecule has 0 fully saturated rings. The van der Waals surface area contributed by atoms with Crippen LogP contribution in [0.2, 0.25) is 4.34 Å². The van der Waals surface area contributed by atoms with Gasteiger partial charge in [0, 0.05) is 0 Å². The predicted octanol–water partition coefficient (Wildman–Crippen LogP) is 2.16. The van der Waals surface area contributed by atoms with E-state index in [0.717, 1.165) is 18.4 Å². The molecule has 0 aromatic carbocycles. The van der Waals surface area contributed by atoms with E-state index in [1.807, 2.05) is 5.32 Å². The van der Waals surface area contributed by atoms with Crippen molar-refractivity contribution in [3.05, 3.63) is 15.5 Å². The molecule has 0 amide bonds. The molecule has 1 aromatic heterocycles. The van der Waals surface area contributed by atoms with Gasteiger partial charge in [-0.1, -0.05) is 11.6 Å². The van der Waals surface area contributed by atoms with Crippen LogP contribution in [0.4, 0.5) is 13.2 Å². The zero-order valence-electron chi connectivity index (χ0n) is 8.55. The van der Waals surface area contributed by atoms with Gasteiger partial charge in [-0.2, -0.15) is 13.2 Å². The summed E-state index contributed by atoms with van der Waals surface area (Å²) in [7, 11) is 1.08. The topological polar surface area (TPSA) is 51.2 Å². The third kappa shape index (κ3) is 4.49. The fourth-order valence-corrected chi connectivity index (χ4v) is 2.00. The number of aromatic nitrogens is 1. The summed E-state index contributed by atoms with van der Waals surface area (Å²) in [6, 6.07) is -1.26. The van der Waals surface area contributed by atoms with Crippen molar-refractivity contribution in [1.82, 2.24) is 10.3 Å². The van der Waals surface area contributed by atoms with E-state index < -0.39 is 24.7 Å². The normalized spacial score (nSPS) is 13.5. The van der Waals surface area contributed by atoms with E-state index >= 15 is 0 Å². The molecule has 96 valence electrons. The molecule has 0 saturated carbocycles. The number of nitrogens with one attached hydrogen (secondary N) is 1. The fourth-order valence-electron chi connectivity index (χ4n) is 1.01. The van der Waals surface area contributed by atoms with Crippen LogP contribution in [-0.4, -0.2) is 30.8 Å². The molecule has 0 saturated heterocycles. The molecule has 4 nitrogen and oxygen atoms in total. The number of hydrogen-bond donors (Lipinski definition) is 1. The molecule has 1 atom stereocenters. The number of esters is 1. The van der Waals surface area contributed by atoms with Crippen molar-refractivity contribution in [2.24, 2.45) is 0 Å². The summed E-state index contributed by atoms with van der Waals surface area (Å²) in [5, 5.41) is 2.16. The molecule has 1 aromatic rings. The molecule has 1 heterocycles. The molecular weight excluding hydrogens is 281 g/mol. The highest BCUT2D eigenvalue weighted by Gasteiger charge is 2.32. The van der Waals surface area contributed by atoms with Gasteiger partial charge in [-0.15, -0.1) is 11.3 Å². The summed E-state index contributed by atoms with van der Waals surface area (Å²) in [4.78, 5) is 15.1. The van der Waals surface area contributed by atoms with Crippen LogP contribution >= 0.6 is 22.9 Å². The van der Waals surface area contributed by atoms with Crippen molar-refractivity contribution in [3.8, 4) is 0 Å². The molecule has 0 aliphatic carbocycles. The lowest BCUT2D eigenvalue weighted by molar-refractivity contribution is -0.146. The van der Waals surface area contributed by atoms with Crippen LogP contribution in [0.5, 0.6) is 0 Å². The smallest absolute Gasteiger partial charge is 0.401 e. The number of nitrogens with zero attached hydrogens (tertiary/aromatic N) is 1. The number of alkyl halides is 3. The minimum absolute atomic E-state index is 0.131. The van der Waals surface area contributed by atoms with Gasteiger partial charge in [0.1, 0.15) is 9.34 Å². The Morgan fingerprint density at radius 2 is 2.35 bits per heavy atom. The van der Waals surface area contributed by atoms with Crippen LogP contribution in [0.25, 0.3) is 0 Å². The van der Waals surface area contributed by atoms with Gasteiger partial charge in [0.2, 0.25) is 0 Å². The van der Waals surface area contributed by atoms with Crippen LogP contribution in [0.15, 0.2) is 6.20 Å². The van der Waals surface area contributed by atoms with Crippen molar-refractivity contribution >= 4 is 28.9 Å². The van der Waals surface area contributed by atoms with Gasteiger partial charge < -0.3 is 4.74 Å². The first-order valence-corrected chi connectivity index (χ1v) is 5.52. The number of ether oxygens (including phenoxy) is 1. The van der Waals surface area contributed by atoms with Gasteiger partial charge in [-0.05, 0) is 0 Å². The quantitative estimate of drug-likeness (QED) is 0.863. The Balaban J connectivity index is 2.78. The van der Waals surface area contributed by atoms with E-state index in [9.17, 15) is 18.0 Å². The van der Waals surface area contributed by atoms with Crippen LogP contribution in [-0.2, 0) is 9.53 Å². The highest BCUT2D eigenvalue weighted by atomic mass is 35.5. The van der Waals surface area contributed by atoms with Gasteiger partial charge in [-0.3, -0.25) is 5.32 Å². The lowest BCUT2D eigenvalue weighted by atomic mass is 10.3. The molecule has 1 N–H and O–H groups in total. The van der Waals surface area contributed by atoms with Gasteiger partial charge in [0.25, 0.3) is 0 Å². The number of methoxy groups -OCH3 is 1. The number of carbonyl (C=O) groups is 1. The van der Waals surface area contributed by atoms with Crippen molar-refractivity contribution in [3.63, 3.8) is 0 Å². The van der Waals surface area contributed by atoms with Crippen molar-refractivity contribution in [2.45, 2.75) is 12.2 Å². The zero-order chi connectivity index (χ0) is 13.1. The van der Waals surface area contributed by atoms with E-state index in [4.69, 9.17) is 11.6 Å². The SMILES string of the molecule is COC(=O)C(NCC(F)(F)F)c1ncc(Cl)s1. The Morgan fingerprint density at radius 1 is 1.71 bits per heavy atom. The molecule has 0 aliphatic rings. The molecule has 0 bridgehead atoms. The van der Waals surface area contributed by atoms with Crippen LogP contribution in [0, 0.1) is 0 Å². The second-order valence-corrected chi connectivity index (χ2v) is 4.65. The van der Waals surface area contributed by atoms with Crippen LogP contribution < -0.4 is 5.32 Å². The first-order chi connectivity index (χ1) is 7.83. The van der Waals surface area contributed by atoms with Crippen molar-refractivity contribution in [1.29, 1.82) is 0 Å². The van der Waals surface area contributed by atoms with E-state index in [2.05, 4.69) is 9.72 Å². The molecule has 1 rings (SSSR count). The van der Waals surface area contributed by atoms with Crippen molar-refractivity contribution < 1.29 is 22.7 Å². The molecule has 0 radical (unpaired) electrons. The highest BCUT2D eigenvalue weighted by molar-refractivity contribution is 7.16. The van der Waals surface area contributed by atoms with Crippen LogP contribution in [0.3, 0.4) is 0 Å². The lowest BCUT2D eigenvalue weighted by Gasteiger charge is -2.15. The number of halogens is 4. The number of carbonyl (C=O) groups excluding carboxylic acids is 1. The van der Waals surface area contributed by atoms with Gasteiger partial charge in [0.15, 0.2) is 6.04 Å². The maximum absolute atomic E-state index is 12.0. The molecular formula is C8H8ClF3N2O2S. The summed E-state index contributed by atoms with van der Waals surface area (Å²) < 4.78 is 40.8. The van der Waals surface area contributed by atoms with Crippen LogP contribution in [0.1, 0.15) is 11.0 Å². The van der Waals surface area contributed by atoms with Crippen molar-refractivity contribution in [2.75, 3.05) is 13.7 Å². The standard InChI is InChI=1S/C8H8ClF3N2O2S/c1-16-7(15)5(14-3-8(10,11)12)6-13-2-4(9)17-6/h2,5,14H,3H2,1H3. The largest absolute Gasteiger partial charge is 0.468 e. The minimum atomic E-state index is -4.42. The average Bonchev–Trinajstić information content (AvgIpc) is 2.63. The summed E-state index contributed by atoms with van der Waals surface area (Å²) in [6.07, 6.45) is -3.17. The lowest BCUT2D eigenvalue weighted by Crippen LogP contribution is -2.36. The second kappa shape index (κ2) is 5.65. The minimum Gasteiger partial charge on any atom is -0.468 e. The predicted molar refractivity (Wildman–Crippen MR) is 55.9 cm³/mol. The first kappa shape index (κ1) is 14.2. The van der Waals surface area contributed by atoms with E-state index in [-0.39, 0.29) is 9.34 Å². The third-order valence-electron chi connectivity index (χ3n) is 1.69.